The molecule has 8 heteroatoms. The predicted octanol–water partition coefficient (Wildman–Crippen LogP) is 5.23. The number of carbonyl (C=O) groups excluding carboxylic acids is 1. The second-order valence-corrected chi connectivity index (χ2v) is 9.02. The standard InChI is InChI=1S/C31H24N2O4.C2H4O2/c1-35-28-15-14-22(18-29(28)36-2)25-17-27-24(13-12-21-8-7-9-23(16-21)31(34)37-3)20-33(30(27)32-19-25)26-10-5-4-6-11-26;3-2-1-4-2/h4-11,14-20H,1-3H3;2-3H,1H2. The van der Waals surface area contributed by atoms with Gasteiger partial charge in [0.05, 0.1) is 32.5 Å². The molecule has 206 valence electrons. The van der Waals surface area contributed by atoms with E-state index in [-0.39, 0.29) is 0 Å². The van der Waals surface area contributed by atoms with Crippen LogP contribution in [0, 0.1) is 11.8 Å². The van der Waals surface area contributed by atoms with Crippen molar-refractivity contribution in [1.82, 2.24) is 9.55 Å². The molecule has 1 atom stereocenters. The second kappa shape index (κ2) is 12.4. The molecule has 6 rings (SSSR count). The maximum Gasteiger partial charge on any atom is 0.337 e. The number of fused-ring (bicyclic) bond motifs is 1. The fourth-order valence-electron chi connectivity index (χ4n) is 4.19. The lowest BCUT2D eigenvalue weighted by molar-refractivity contribution is 0.0600. The smallest absolute Gasteiger partial charge is 0.337 e. The molecule has 1 N–H and O–H groups in total. The molecule has 0 aliphatic carbocycles. The lowest BCUT2D eigenvalue weighted by Gasteiger charge is -2.10. The highest BCUT2D eigenvalue weighted by Crippen LogP contribution is 2.34. The molecule has 0 radical (unpaired) electrons. The molecule has 1 saturated heterocycles. The maximum absolute atomic E-state index is 11.9. The highest BCUT2D eigenvalue weighted by atomic mass is 16.7. The van der Waals surface area contributed by atoms with Crippen LogP contribution in [-0.4, -0.2) is 54.9 Å². The Morgan fingerprint density at radius 2 is 1.68 bits per heavy atom. The van der Waals surface area contributed by atoms with Gasteiger partial charge in [0.15, 0.2) is 17.8 Å². The van der Waals surface area contributed by atoms with Crippen molar-refractivity contribution in [3.8, 4) is 40.2 Å². The summed E-state index contributed by atoms with van der Waals surface area (Å²) < 4.78 is 22.0. The molecule has 8 nitrogen and oxygen atoms in total. The first kappa shape index (κ1) is 27.5. The molecule has 5 aromatic rings. The lowest BCUT2D eigenvalue weighted by Crippen LogP contribution is -2.00. The Morgan fingerprint density at radius 3 is 2.37 bits per heavy atom. The van der Waals surface area contributed by atoms with Crippen LogP contribution in [0.15, 0.2) is 91.3 Å². The molecule has 0 bridgehead atoms. The van der Waals surface area contributed by atoms with Crippen LogP contribution in [0.3, 0.4) is 0 Å². The van der Waals surface area contributed by atoms with E-state index in [0.717, 1.165) is 33.4 Å². The summed E-state index contributed by atoms with van der Waals surface area (Å²) in [5, 5.41) is 8.85. The van der Waals surface area contributed by atoms with Gasteiger partial charge in [-0.15, -0.1) is 0 Å². The monoisotopic (exact) mass is 548 g/mol. The number of rotatable bonds is 5. The zero-order valence-electron chi connectivity index (χ0n) is 22.8. The summed E-state index contributed by atoms with van der Waals surface area (Å²) in [5.41, 5.74) is 5.64. The average molecular weight is 549 g/mol. The summed E-state index contributed by atoms with van der Waals surface area (Å²) in [6, 6.07) is 25.0. The first-order valence-electron chi connectivity index (χ1n) is 12.8. The molecule has 0 spiro atoms. The molecule has 0 saturated carbocycles. The molecule has 0 amide bonds. The van der Waals surface area contributed by atoms with Crippen molar-refractivity contribution < 1.29 is 28.8 Å². The van der Waals surface area contributed by atoms with Crippen LogP contribution in [0.2, 0.25) is 0 Å². The van der Waals surface area contributed by atoms with Gasteiger partial charge in [-0.2, -0.15) is 0 Å². The Hall–Kier alpha value is -5.10. The van der Waals surface area contributed by atoms with Crippen molar-refractivity contribution in [3.05, 3.63) is 108 Å². The predicted molar refractivity (Wildman–Crippen MR) is 155 cm³/mol. The minimum absolute atomic E-state index is 0.395. The Kier molecular flexibility index (Phi) is 8.30. The maximum atomic E-state index is 11.9. The van der Waals surface area contributed by atoms with E-state index in [4.69, 9.17) is 24.3 Å². The molecule has 41 heavy (non-hydrogen) atoms. The quantitative estimate of drug-likeness (QED) is 0.183. The normalized spacial score (nSPS) is 13.3. The first-order chi connectivity index (χ1) is 20.0. The van der Waals surface area contributed by atoms with Gasteiger partial charge in [0, 0.05) is 34.6 Å². The highest BCUT2D eigenvalue weighted by Gasteiger charge is 2.16. The summed E-state index contributed by atoms with van der Waals surface area (Å²) in [5.74, 6) is 7.40. The highest BCUT2D eigenvalue weighted by molar-refractivity contribution is 5.90. The number of ether oxygens (including phenoxy) is 4. The summed E-state index contributed by atoms with van der Waals surface area (Å²) in [6.45, 7) is 0.542. The van der Waals surface area contributed by atoms with Crippen molar-refractivity contribution in [3.63, 3.8) is 0 Å². The van der Waals surface area contributed by atoms with Gasteiger partial charge in [0.25, 0.3) is 0 Å². The van der Waals surface area contributed by atoms with Crippen LogP contribution in [0.4, 0.5) is 0 Å². The molecule has 1 fully saturated rings. The zero-order valence-corrected chi connectivity index (χ0v) is 22.8. The van der Waals surface area contributed by atoms with E-state index in [9.17, 15) is 4.79 Å². The molecular formula is C33H28N2O6. The van der Waals surface area contributed by atoms with E-state index >= 15 is 0 Å². The molecule has 2 aromatic heterocycles. The summed E-state index contributed by atoms with van der Waals surface area (Å²) in [4.78, 5) is 16.8. The minimum atomic E-state index is -0.417. The average Bonchev–Trinajstić information content (AvgIpc) is 3.73. The number of pyridine rings is 1. The molecule has 1 unspecified atom stereocenters. The number of methoxy groups -OCH3 is 3. The van der Waals surface area contributed by atoms with Crippen molar-refractivity contribution in [2.45, 2.75) is 6.29 Å². The fourth-order valence-corrected chi connectivity index (χ4v) is 4.19. The Labute approximate surface area is 237 Å². The molecule has 3 heterocycles. The van der Waals surface area contributed by atoms with Crippen LogP contribution < -0.4 is 9.47 Å². The van der Waals surface area contributed by atoms with Crippen molar-refractivity contribution in [2.75, 3.05) is 27.9 Å². The van der Waals surface area contributed by atoms with Crippen LogP contribution >= 0.6 is 0 Å². The number of hydrogen-bond acceptors (Lipinski definition) is 7. The van der Waals surface area contributed by atoms with E-state index < -0.39 is 12.3 Å². The number of carbonyl (C=O) groups is 1. The number of aliphatic hydroxyl groups excluding tert-OH is 1. The van der Waals surface area contributed by atoms with Gasteiger partial charge < -0.3 is 28.6 Å². The van der Waals surface area contributed by atoms with Gasteiger partial charge in [-0.25, -0.2) is 9.78 Å². The topological polar surface area (TPSA) is 95.3 Å². The summed E-state index contributed by atoms with van der Waals surface area (Å²) in [6.07, 6.45) is 3.42. The van der Waals surface area contributed by atoms with Gasteiger partial charge in [-0.05, 0) is 54.1 Å². The Bertz CT molecular complexity index is 1750. The van der Waals surface area contributed by atoms with Crippen LogP contribution in [0.5, 0.6) is 11.5 Å². The van der Waals surface area contributed by atoms with Crippen LogP contribution in [0.1, 0.15) is 21.5 Å². The minimum Gasteiger partial charge on any atom is -0.493 e. The number of nitrogens with zero attached hydrogens (tertiary/aromatic N) is 2. The van der Waals surface area contributed by atoms with E-state index in [1.165, 1.54) is 7.11 Å². The van der Waals surface area contributed by atoms with Gasteiger partial charge in [0.1, 0.15) is 12.3 Å². The van der Waals surface area contributed by atoms with Gasteiger partial charge in [-0.3, -0.25) is 0 Å². The summed E-state index contributed by atoms with van der Waals surface area (Å²) in [7, 11) is 4.59. The van der Waals surface area contributed by atoms with E-state index in [1.807, 2.05) is 71.6 Å². The lowest BCUT2D eigenvalue weighted by atomic mass is 10.0. The van der Waals surface area contributed by atoms with Gasteiger partial charge in [0.2, 0.25) is 0 Å². The van der Waals surface area contributed by atoms with Gasteiger partial charge in [-0.1, -0.05) is 42.2 Å². The van der Waals surface area contributed by atoms with E-state index in [2.05, 4.69) is 22.6 Å². The molecule has 1 aliphatic rings. The van der Waals surface area contributed by atoms with Crippen LogP contribution in [-0.2, 0) is 9.47 Å². The number of aromatic nitrogens is 2. The first-order valence-corrected chi connectivity index (χ1v) is 12.8. The molecule has 3 aromatic carbocycles. The number of aliphatic hydroxyl groups is 1. The van der Waals surface area contributed by atoms with E-state index in [0.29, 0.717) is 29.2 Å². The number of hydrogen-bond donors (Lipinski definition) is 1. The Morgan fingerprint density at radius 1 is 0.927 bits per heavy atom. The fraction of sp³-hybridized carbons (Fsp3) is 0.152. The van der Waals surface area contributed by atoms with Gasteiger partial charge >= 0.3 is 5.97 Å². The largest absolute Gasteiger partial charge is 0.493 e. The van der Waals surface area contributed by atoms with Crippen molar-refractivity contribution in [1.29, 1.82) is 0 Å². The number of epoxide rings is 1. The Balaban J connectivity index is 0.000000777. The van der Waals surface area contributed by atoms with E-state index in [1.54, 1.807) is 32.4 Å². The van der Waals surface area contributed by atoms with Crippen molar-refractivity contribution in [2.24, 2.45) is 0 Å². The number of para-hydroxylation sites is 1. The third-order valence-electron chi connectivity index (χ3n) is 6.34. The SMILES string of the molecule is COC(=O)c1cccc(C#Cc2cn(-c3ccccc3)c3ncc(-c4ccc(OC)c(OC)c4)cc23)c1.OC1CO1. The number of benzene rings is 3. The number of esters is 1. The molecular weight excluding hydrogens is 520 g/mol. The van der Waals surface area contributed by atoms with Crippen LogP contribution in [0.25, 0.3) is 27.8 Å². The molecule has 1 aliphatic heterocycles. The van der Waals surface area contributed by atoms with Crippen molar-refractivity contribution >= 4 is 17.0 Å². The second-order valence-electron chi connectivity index (χ2n) is 9.02. The zero-order chi connectivity index (χ0) is 28.8. The third-order valence-corrected chi connectivity index (χ3v) is 6.34. The summed E-state index contributed by atoms with van der Waals surface area (Å²) >= 11 is 0. The third kappa shape index (κ3) is 6.39.